The van der Waals surface area contributed by atoms with Crippen LogP contribution in [0.15, 0.2) is 81.3 Å². The smallest absolute Gasteiger partial charge is 0.263 e. The second kappa shape index (κ2) is 11.0. The number of sulfonamides is 1. The molecule has 4 N–H and O–H groups in total. The molecule has 1 heterocycles. The van der Waals surface area contributed by atoms with Crippen molar-refractivity contribution in [1.29, 1.82) is 0 Å². The molecule has 0 unspecified atom stereocenters. The maximum atomic E-state index is 12.6. The van der Waals surface area contributed by atoms with Crippen molar-refractivity contribution >= 4 is 67.3 Å². The normalized spacial score (nSPS) is 12.2. The van der Waals surface area contributed by atoms with Gasteiger partial charge >= 0.3 is 0 Å². The summed E-state index contributed by atoms with van der Waals surface area (Å²) in [5.74, 6) is -0.761. The Morgan fingerprint density at radius 3 is 2.47 bits per heavy atom. The summed E-state index contributed by atoms with van der Waals surface area (Å²) in [7, 11) is -3.77. The highest BCUT2D eigenvalue weighted by Gasteiger charge is 2.16. The van der Waals surface area contributed by atoms with Crippen LogP contribution in [0.5, 0.6) is 0 Å². The quantitative estimate of drug-likeness (QED) is 0.158. The van der Waals surface area contributed by atoms with Crippen LogP contribution in [0.1, 0.15) is 12.5 Å². The van der Waals surface area contributed by atoms with Crippen molar-refractivity contribution in [3.8, 4) is 0 Å². The van der Waals surface area contributed by atoms with E-state index >= 15 is 0 Å². The number of benzene rings is 2. The standard InChI is InChI=1S/C22H21N5O4S3/c1-14-5-3-4-6-19(14)26-20(29)18(15(2)28)13-24-21(32)25-16-7-9-17(10-8-16)34(30,31)27-22-23-11-12-33-22/h3-13,28H,1-2H3,(H,23,27)(H,25,32)(H,26,29). The second-order valence-corrected chi connectivity index (χ2v) is 9.89. The van der Waals surface area contributed by atoms with Gasteiger partial charge in [0.15, 0.2) is 10.2 Å². The number of amides is 1. The number of thiazole rings is 1. The summed E-state index contributed by atoms with van der Waals surface area (Å²) in [6, 6.07) is 13.1. The van der Waals surface area contributed by atoms with Gasteiger partial charge in [-0.3, -0.25) is 9.52 Å². The molecule has 34 heavy (non-hydrogen) atoms. The fourth-order valence-corrected chi connectivity index (χ4v) is 4.62. The number of para-hydroxylation sites is 1. The number of rotatable bonds is 7. The molecule has 0 saturated heterocycles. The first kappa shape index (κ1) is 25.0. The second-order valence-electron chi connectivity index (χ2n) is 6.92. The summed E-state index contributed by atoms with van der Waals surface area (Å²) in [4.78, 5) is 20.6. The van der Waals surface area contributed by atoms with Crippen LogP contribution in [0.3, 0.4) is 0 Å². The van der Waals surface area contributed by atoms with Crippen molar-refractivity contribution in [2.24, 2.45) is 4.99 Å². The highest BCUT2D eigenvalue weighted by molar-refractivity contribution is 7.93. The number of allylic oxidation sites excluding steroid dienone is 1. The number of nitrogens with one attached hydrogen (secondary N) is 3. The number of aliphatic hydroxyl groups excluding tert-OH is 1. The third-order valence-electron chi connectivity index (χ3n) is 4.41. The molecule has 3 rings (SSSR count). The highest BCUT2D eigenvalue weighted by atomic mass is 32.2. The fraction of sp³-hybridized carbons (Fsp3) is 0.0909. The van der Waals surface area contributed by atoms with Crippen LogP contribution in [0.4, 0.5) is 16.5 Å². The molecule has 0 bridgehead atoms. The van der Waals surface area contributed by atoms with Gasteiger partial charge in [0.1, 0.15) is 5.76 Å². The Labute approximate surface area is 206 Å². The summed E-state index contributed by atoms with van der Waals surface area (Å²) in [5.41, 5.74) is 1.92. The molecule has 0 fully saturated rings. The van der Waals surface area contributed by atoms with E-state index in [0.717, 1.165) is 11.8 Å². The summed E-state index contributed by atoms with van der Waals surface area (Å²) < 4.78 is 27.2. The Morgan fingerprint density at radius 2 is 1.85 bits per heavy atom. The summed E-state index contributed by atoms with van der Waals surface area (Å²) in [5, 5.41) is 17.4. The van der Waals surface area contributed by atoms with E-state index in [1.54, 1.807) is 17.5 Å². The lowest BCUT2D eigenvalue weighted by atomic mass is 10.2. The number of aromatic nitrogens is 1. The number of anilines is 3. The van der Waals surface area contributed by atoms with E-state index in [9.17, 15) is 18.3 Å². The predicted molar refractivity (Wildman–Crippen MR) is 139 cm³/mol. The van der Waals surface area contributed by atoms with Gasteiger partial charge in [-0.15, -0.1) is 11.3 Å². The number of hydrogen-bond donors (Lipinski definition) is 4. The molecule has 176 valence electrons. The fourth-order valence-electron chi connectivity index (χ4n) is 2.66. The zero-order valence-electron chi connectivity index (χ0n) is 18.1. The number of hydrogen-bond acceptors (Lipinski definition) is 7. The molecule has 0 spiro atoms. The van der Waals surface area contributed by atoms with Crippen LogP contribution in [-0.2, 0) is 14.8 Å². The van der Waals surface area contributed by atoms with E-state index in [-0.39, 0.29) is 26.5 Å². The lowest BCUT2D eigenvalue weighted by Crippen LogP contribution is -2.18. The van der Waals surface area contributed by atoms with Crippen molar-refractivity contribution in [3.05, 3.63) is 77.0 Å². The van der Waals surface area contributed by atoms with E-state index in [2.05, 4.69) is 25.3 Å². The average molecular weight is 516 g/mol. The predicted octanol–water partition coefficient (Wildman–Crippen LogP) is 4.49. The molecular weight excluding hydrogens is 494 g/mol. The first-order valence-electron chi connectivity index (χ1n) is 9.80. The minimum Gasteiger partial charge on any atom is -0.512 e. The maximum Gasteiger partial charge on any atom is 0.263 e. The van der Waals surface area contributed by atoms with Gasteiger partial charge in [0.25, 0.3) is 15.9 Å². The summed E-state index contributed by atoms with van der Waals surface area (Å²) >= 11 is 6.35. The van der Waals surface area contributed by atoms with Gasteiger partial charge in [-0.2, -0.15) is 0 Å². The molecule has 0 radical (unpaired) electrons. The number of aryl methyl sites for hydroxylation is 1. The average Bonchev–Trinajstić information content (AvgIpc) is 3.28. The molecule has 0 saturated carbocycles. The molecular formula is C22H21N5O4S3. The summed E-state index contributed by atoms with van der Waals surface area (Å²) in [6.45, 7) is 3.22. The van der Waals surface area contributed by atoms with E-state index in [1.807, 2.05) is 19.1 Å². The van der Waals surface area contributed by atoms with Gasteiger partial charge in [0, 0.05) is 29.2 Å². The molecule has 12 heteroatoms. The molecule has 0 aliphatic heterocycles. The van der Waals surface area contributed by atoms with Crippen LogP contribution in [0, 0.1) is 6.92 Å². The lowest BCUT2D eigenvalue weighted by Gasteiger charge is -2.09. The Kier molecular flexibility index (Phi) is 8.10. The van der Waals surface area contributed by atoms with Gasteiger partial charge < -0.3 is 15.7 Å². The van der Waals surface area contributed by atoms with E-state index < -0.39 is 15.9 Å². The SMILES string of the molecule is CC(O)=C(C=NC(=S)Nc1ccc(S(=O)(=O)Nc2nccs2)cc1)C(=O)Nc1ccccc1C. The Balaban J connectivity index is 1.64. The van der Waals surface area contributed by atoms with Crippen LogP contribution in [0.25, 0.3) is 0 Å². The topological polar surface area (TPSA) is 133 Å². The zero-order valence-corrected chi connectivity index (χ0v) is 20.6. The monoisotopic (exact) mass is 515 g/mol. The first-order valence-corrected chi connectivity index (χ1v) is 12.6. The minimum atomic E-state index is -3.77. The molecule has 9 nitrogen and oxygen atoms in total. The molecule has 0 aliphatic rings. The first-order chi connectivity index (χ1) is 16.2. The van der Waals surface area contributed by atoms with Crippen LogP contribution < -0.4 is 15.4 Å². The number of aliphatic imine (C=N–C) groups is 1. The van der Waals surface area contributed by atoms with Crippen LogP contribution in [-0.4, -0.2) is 35.7 Å². The molecule has 0 aliphatic carbocycles. The number of carbonyl (C=O) groups excluding carboxylic acids is 1. The van der Waals surface area contributed by atoms with Crippen molar-refractivity contribution in [1.82, 2.24) is 4.98 Å². The molecule has 1 amide bonds. The van der Waals surface area contributed by atoms with Gasteiger partial charge in [0.05, 0.1) is 10.5 Å². The largest absolute Gasteiger partial charge is 0.512 e. The van der Waals surface area contributed by atoms with E-state index in [0.29, 0.717) is 11.4 Å². The van der Waals surface area contributed by atoms with Crippen molar-refractivity contribution in [2.45, 2.75) is 18.7 Å². The number of aliphatic hydroxyl groups is 1. The van der Waals surface area contributed by atoms with Crippen molar-refractivity contribution in [3.63, 3.8) is 0 Å². The highest BCUT2D eigenvalue weighted by Crippen LogP contribution is 2.20. The molecule has 3 aromatic rings. The number of nitrogens with zero attached hydrogens (tertiary/aromatic N) is 2. The minimum absolute atomic E-state index is 0.0129. The van der Waals surface area contributed by atoms with Gasteiger partial charge in [-0.05, 0) is 62.0 Å². The van der Waals surface area contributed by atoms with Crippen LogP contribution >= 0.6 is 23.6 Å². The summed E-state index contributed by atoms with van der Waals surface area (Å²) in [6.07, 6.45) is 2.66. The molecule has 2 aromatic carbocycles. The van der Waals surface area contributed by atoms with Crippen molar-refractivity contribution in [2.75, 3.05) is 15.4 Å². The van der Waals surface area contributed by atoms with E-state index in [4.69, 9.17) is 12.2 Å². The Bertz CT molecular complexity index is 1350. The zero-order chi connectivity index (χ0) is 24.7. The number of thiocarbonyl (C=S) groups is 1. The third kappa shape index (κ3) is 6.70. The third-order valence-corrected chi connectivity index (χ3v) is 6.79. The lowest BCUT2D eigenvalue weighted by molar-refractivity contribution is -0.112. The molecule has 0 atom stereocenters. The molecule has 1 aromatic heterocycles. The van der Waals surface area contributed by atoms with Crippen molar-refractivity contribution < 1.29 is 18.3 Å². The number of carbonyl (C=O) groups is 1. The maximum absolute atomic E-state index is 12.6. The van der Waals surface area contributed by atoms with Gasteiger partial charge in [-0.1, -0.05) is 18.2 Å². The van der Waals surface area contributed by atoms with E-state index in [1.165, 1.54) is 48.7 Å². The Hall–Kier alpha value is -3.61. The Morgan fingerprint density at radius 1 is 1.15 bits per heavy atom. The van der Waals surface area contributed by atoms with Gasteiger partial charge in [-0.25, -0.2) is 18.4 Å². The van der Waals surface area contributed by atoms with Gasteiger partial charge in [0.2, 0.25) is 0 Å². The van der Waals surface area contributed by atoms with Crippen LogP contribution in [0.2, 0.25) is 0 Å².